The smallest absolute Gasteiger partial charge is 0.123 e. The molecule has 0 bridgehead atoms. The Labute approximate surface area is 104 Å². The second-order valence-electron chi connectivity index (χ2n) is 4.65. The van der Waals surface area contributed by atoms with Crippen LogP contribution in [-0.4, -0.2) is 20.7 Å². The van der Waals surface area contributed by atoms with Crippen molar-refractivity contribution in [3.8, 4) is 5.75 Å². The maximum absolute atomic E-state index is 6.16. The zero-order valence-corrected chi connectivity index (χ0v) is 11.3. The summed E-state index contributed by atoms with van der Waals surface area (Å²) in [5.41, 5.74) is 8.54. The second-order valence-corrected chi connectivity index (χ2v) is 4.65. The molecule has 0 fully saturated rings. The number of hydrogen-bond acceptors (Lipinski definition) is 3. The lowest BCUT2D eigenvalue weighted by atomic mass is 9.97. The Morgan fingerprint density at radius 2 is 2.06 bits per heavy atom. The van der Waals surface area contributed by atoms with Gasteiger partial charge in [0.2, 0.25) is 0 Å². The molecule has 0 aliphatic heterocycles. The van der Waals surface area contributed by atoms with Gasteiger partial charge in [0, 0.05) is 11.6 Å². The van der Waals surface area contributed by atoms with E-state index < -0.39 is 0 Å². The van der Waals surface area contributed by atoms with Crippen molar-refractivity contribution < 1.29 is 4.74 Å². The summed E-state index contributed by atoms with van der Waals surface area (Å²) in [6.07, 6.45) is 0.911. The predicted octanol–water partition coefficient (Wildman–Crippen LogP) is 2.43. The molecule has 0 heterocycles. The zero-order valence-electron chi connectivity index (χ0n) is 11.3. The minimum atomic E-state index is 0.0265. The second kappa shape index (κ2) is 6.62. The quantitative estimate of drug-likeness (QED) is 0.797. The Balaban J connectivity index is 2.91. The molecule has 1 rings (SSSR count). The molecule has 3 heteroatoms. The summed E-state index contributed by atoms with van der Waals surface area (Å²) < 4.78 is 5.44. The first kappa shape index (κ1) is 14.0. The van der Waals surface area contributed by atoms with Crippen LogP contribution < -0.4 is 15.8 Å². The van der Waals surface area contributed by atoms with Gasteiger partial charge in [-0.2, -0.15) is 0 Å². The summed E-state index contributed by atoms with van der Waals surface area (Å²) in [6, 6.07) is 6.36. The van der Waals surface area contributed by atoms with Crippen LogP contribution in [0.1, 0.15) is 43.4 Å². The van der Waals surface area contributed by atoms with Gasteiger partial charge in [-0.15, -0.1) is 0 Å². The van der Waals surface area contributed by atoms with Gasteiger partial charge in [-0.3, -0.25) is 0 Å². The van der Waals surface area contributed by atoms with Crippen molar-refractivity contribution in [2.75, 3.05) is 20.7 Å². The van der Waals surface area contributed by atoms with Crippen molar-refractivity contribution in [1.82, 2.24) is 5.32 Å². The minimum Gasteiger partial charge on any atom is -0.496 e. The van der Waals surface area contributed by atoms with Crippen LogP contribution in [0.2, 0.25) is 0 Å². The topological polar surface area (TPSA) is 47.3 Å². The third-order valence-electron chi connectivity index (χ3n) is 3.03. The monoisotopic (exact) mass is 236 g/mol. The van der Waals surface area contributed by atoms with E-state index in [1.54, 1.807) is 7.11 Å². The molecule has 1 atom stereocenters. The van der Waals surface area contributed by atoms with Gasteiger partial charge in [-0.1, -0.05) is 26.0 Å². The third kappa shape index (κ3) is 3.72. The number of nitrogens with one attached hydrogen (secondary N) is 1. The van der Waals surface area contributed by atoms with Crippen molar-refractivity contribution in [3.05, 3.63) is 29.3 Å². The Morgan fingerprint density at radius 3 is 2.59 bits per heavy atom. The lowest BCUT2D eigenvalue weighted by Gasteiger charge is -2.17. The molecule has 1 aromatic carbocycles. The molecule has 0 aliphatic carbocycles. The van der Waals surface area contributed by atoms with Crippen molar-refractivity contribution in [2.45, 2.75) is 32.2 Å². The first-order valence-electron chi connectivity index (χ1n) is 6.18. The molecule has 3 nitrogen and oxygen atoms in total. The van der Waals surface area contributed by atoms with E-state index in [-0.39, 0.29) is 6.04 Å². The summed E-state index contributed by atoms with van der Waals surface area (Å²) in [4.78, 5) is 0. The summed E-state index contributed by atoms with van der Waals surface area (Å²) in [5.74, 6) is 1.41. The van der Waals surface area contributed by atoms with Crippen LogP contribution >= 0.6 is 0 Å². The van der Waals surface area contributed by atoms with Gasteiger partial charge >= 0.3 is 0 Å². The van der Waals surface area contributed by atoms with E-state index in [1.807, 2.05) is 7.05 Å². The highest BCUT2D eigenvalue weighted by atomic mass is 16.5. The number of rotatable bonds is 6. The largest absolute Gasteiger partial charge is 0.496 e. The van der Waals surface area contributed by atoms with E-state index in [2.05, 4.69) is 37.4 Å². The van der Waals surface area contributed by atoms with Crippen LogP contribution in [0.4, 0.5) is 0 Å². The third-order valence-corrected chi connectivity index (χ3v) is 3.03. The van der Waals surface area contributed by atoms with Crippen LogP contribution in [-0.2, 0) is 0 Å². The van der Waals surface area contributed by atoms with E-state index in [0.29, 0.717) is 5.92 Å². The Bertz CT molecular complexity index is 350. The molecule has 1 unspecified atom stereocenters. The molecule has 17 heavy (non-hydrogen) atoms. The lowest BCUT2D eigenvalue weighted by Crippen LogP contribution is -2.18. The highest BCUT2D eigenvalue weighted by molar-refractivity contribution is 5.40. The van der Waals surface area contributed by atoms with E-state index in [1.165, 1.54) is 5.56 Å². The molecule has 0 spiro atoms. The van der Waals surface area contributed by atoms with Crippen molar-refractivity contribution in [1.29, 1.82) is 0 Å². The fourth-order valence-electron chi connectivity index (χ4n) is 1.85. The minimum absolute atomic E-state index is 0.0265. The maximum atomic E-state index is 6.16. The van der Waals surface area contributed by atoms with Crippen molar-refractivity contribution in [3.63, 3.8) is 0 Å². The van der Waals surface area contributed by atoms with Crippen LogP contribution in [0.15, 0.2) is 18.2 Å². The van der Waals surface area contributed by atoms with Gasteiger partial charge < -0.3 is 15.8 Å². The van der Waals surface area contributed by atoms with Gasteiger partial charge in [0.15, 0.2) is 0 Å². The Hall–Kier alpha value is -1.06. The van der Waals surface area contributed by atoms with Gasteiger partial charge in [-0.05, 0) is 37.6 Å². The fourth-order valence-corrected chi connectivity index (χ4v) is 1.85. The van der Waals surface area contributed by atoms with Crippen molar-refractivity contribution in [2.24, 2.45) is 5.73 Å². The maximum Gasteiger partial charge on any atom is 0.123 e. The standard InChI is InChI=1S/C14H24N2O/c1-10(2)11-5-6-12(14(9-11)17-4)13(15)7-8-16-3/h5-6,9-10,13,16H,7-8,15H2,1-4H3. The average Bonchev–Trinajstić information content (AvgIpc) is 2.34. The van der Waals surface area contributed by atoms with Crippen molar-refractivity contribution >= 4 is 0 Å². The first-order chi connectivity index (χ1) is 8.10. The fraction of sp³-hybridized carbons (Fsp3) is 0.571. The SMILES string of the molecule is CNCCC(N)c1ccc(C(C)C)cc1OC. The molecule has 0 radical (unpaired) electrons. The van der Waals surface area contributed by atoms with E-state index >= 15 is 0 Å². The molecular formula is C14H24N2O. The van der Waals surface area contributed by atoms with Crippen LogP contribution in [0.5, 0.6) is 5.75 Å². The number of hydrogen-bond donors (Lipinski definition) is 2. The Morgan fingerprint density at radius 1 is 1.35 bits per heavy atom. The van der Waals surface area contributed by atoms with Gasteiger partial charge in [0.05, 0.1) is 7.11 Å². The molecule has 96 valence electrons. The normalized spacial score (nSPS) is 12.8. The number of ether oxygens (including phenoxy) is 1. The van der Waals surface area contributed by atoms with Crippen LogP contribution in [0.25, 0.3) is 0 Å². The van der Waals surface area contributed by atoms with Gasteiger partial charge in [0.1, 0.15) is 5.75 Å². The Kier molecular flexibility index (Phi) is 5.45. The number of nitrogens with two attached hydrogens (primary N) is 1. The van der Waals surface area contributed by atoms with E-state index in [9.17, 15) is 0 Å². The molecule has 1 aromatic rings. The van der Waals surface area contributed by atoms with Gasteiger partial charge in [0.25, 0.3) is 0 Å². The highest BCUT2D eigenvalue weighted by Crippen LogP contribution is 2.29. The molecular weight excluding hydrogens is 212 g/mol. The van der Waals surface area contributed by atoms with Crippen LogP contribution in [0, 0.1) is 0 Å². The van der Waals surface area contributed by atoms with Gasteiger partial charge in [-0.25, -0.2) is 0 Å². The molecule has 0 aliphatic rings. The van der Waals surface area contributed by atoms with Crippen LogP contribution in [0.3, 0.4) is 0 Å². The molecule has 0 aromatic heterocycles. The molecule has 3 N–H and O–H groups in total. The molecule has 0 amide bonds. The van der Waals surface area contributed by atoms with E-state index in [0.717, 1.165) is 24.3 Å². The summed E-state index contributed by atoms with van der Waals surface area (Å²) >= 11 is 0. The first-order valence-corrected chi connectivity index (χ1v) is 6.18. The summed E-state index contributed by atoms with van der Waals surface area (Å²) in [5, 5.41) is 3.11. The average molecular weight is 236 g/mol. The molecule has 0 saturated carbocycles. The number of methoxy groups -OCH3 is 1. The van der Waals surface area contributed by atoms with E-state index in [4.69, 9.17) is 10.5 Å². The highest BCUT2D eigenvalue weighted by Gasteiger charge is 2.13. The molecule has 0 saturated heterocycles. The zero-order chi connectivity index (χ0) is 12.8. The summed E-state index contributed by atoms with van der Waals surface area (Å²) in [6.45, 7) is 5.26. The lowest BCUT2D eigenvalue weighted by molar-refractivity contribution is 0.403. The summed E-state index contributed by atoms with van der Waals surface area (Å²) in [7, 11) is 3.64. The number of benzene rings is 1. The predicted molar refractivity (Wildman–Crippen MR) is 72.6 cm³/mol.